The van der Waals surface area contributed by atoms with Gasteiger partial charge in [0.15, 0.2) is 5.82 Å². The standard InChI is InChI=1S/C17H22BrN3O2/c1-17(2,3)14-10-15(21-20-14)19-16(22)8-6-11-5-7-13(23-4)12(18)9-11/h5,7,9-10H,6,8H2,1-4H3,(H2,19,20,21,22). The van der Waals surface area contributed by atoms with Gasteiger partial charge in [-0.15, -0.1) is 0 Å². The van der Waals surface area contributed by atoms with E-state index in [1.807, 2.05) is 24.3 Å². The second-order valence-electron chi connectivity index (χ2n) is 6.43. The Morgan fingerprint density at radius 1 is 1.35 bits per heavy atom. The van der Waals surface area contributed by atoms with Crippen LogP contribution < -0.4 is 10.1 Å². The summed E-state index contributed by atoms with van der Waals surface area (Å²) in [5.41, 5.74) is 2.04. The molecule has 0 aliphatic rings. The van der Waals surface area contributed by atoms with Crippen LogP contribution in [0.5, 0.6) is 5.75 Å². The lowest BCUT2D eigenvalue weighted by molar-refractivity contribution is -0.116. The van der Waals surface area contributed by atoms with Crippen molar-refractivity contribution in [3.8, 4) is 5.75 Å². The molecule has 124 valence electrons. The first-order valence-corrected chi connectivity index (χ1v) is 8.27. The third-order valence-electron chi connectivity index (χ3n) is 3.51. The van der Waals surface area contributed by atoms with Crippen molar-refractivity contribution in [1.82, 2.24) is 10.2 Å². The van der Waals surface area contributed by atoms with E-state index >= 15 is 0 Å². The van der Waals surface area contributed by atoms with E-state index in [0.29, 0.717) is 18.7 Å². The van der Waals surface area contributed by atoms with Crippen LogP contribution in [-0.2, 0) is 16.6 Å². The molecule has 0 fully saturated rings. The summed E-state index contributed by atoms with van der Waals surface area (Å²) in [4.78, 5) is 12.1. The second kappa shape index (κ2) is 7.17. The number of halogens is 1. The molecule has 1 aromatic heterocycles. The predicted molar refractivity (Wildman–Crippen MR) is 94.9 cm³/mol. The van der Waals surface area contributed by atoms with E-state index in [4.69, 9.17) is 4.74 Å². The number of H-pyrrole nitrogens is 1. The van der Waals surface area contributed by atoms with Crippen molar-refractivity contribution in [1.29, 1.82) is 0 Å². The Balaban J connectivity index is 1.90. The van der Waals surface area contributed by atoms with Crippen molar-refractivity contribution in [2.75, 3.05) is 12.4 Å². The zero-order valence-electron chi connectivity index (χ0n) is 13.9. The molecule has 2 N–H and O–H groups in total. The van der Waals surface area contributed by atoms with E-state index in [2.05, 4.69) is 52.2 Å². The minimum Gasteiger partial charge on any atom is -0.496 e. The molecule has 0 saturated heterocycles. The summed E-state index contributed by atoms with van der Waals surface area (Å²) in [6.45, 7) is 6.27. The number of hydrogen-bond donors (Lipinski definition) is 2. The summed E-state index contributed by atoms with van der Waals surface area (Å²) in [6, 6.07) is 7.70. The van der Waals surface area contributed by atoms with Gasteiger partial charge in [0.2, 0.25) is 5.91 Å². The van der Waals surface area contributed by atoms with Crippen molar-refractivity contribution >= 4 is 27.7 Å². The smallest absolute Gasteiger partial charge is 0.225 e. The van der Waals surface area contributed by atoms with Crippen LogP contribution >= 0.6 is 15.9 Å². The molecule has 0 atom stereocenters. The molecule has 0 unspecified atom stereocenters. The number of nitrogens with zero attached hydrogens (tertiary/aromatic N) is 1. The lowest BCUT2D eigenvalue weighted by Gasteiger charge is -2.14. The predicted octanol–water partition coefficient (Wildman–Crippen LogP) is 4.05. The minimum atomic E-state index is -0.0519. The van der Waals surface area contributed by atoms with E-state index in [9.17, 15) is 4.79 Å². The highest BCUT2D eigenvalue weighted by atomic mass is 79.9. The Labute approximate surface area is 144 Å². The molecule has 0 spiro atoms. The largest absolute Gasteiger partial charge is 0.496 e. The number of aromatic amines is 1. The van der Waals surface area contributed by atoms with Gasteiger partial charge in [-0.2, -0.15) is 5.10 Å². The number of aryl methyl sites for hydroxylation is 1. The Morgan fingerprint density at radius 2 is 2.09 bits per heavy atom. The monoisotopic (exact) mass is 379 g/mol. The minimum absolute atomic E-state index is 0.0225. The molecule has 1 aromatic carbocycles. The molecule has 6 heteroatoms. The van der Waals surface area contributed by atoms with E-state index in [-0.39, 0.29) is 11.3 Å². The van der Waals surface area contributed by atoms with Gasteiger partial charge < -0.3 is 10.1 Å². The molecule has 23 heavy (non-hydrogen) atoms. The van der Waals surface area contributed by atoms with Crippen LogP contribution in [0.4, 0.5) is 5.82 Å². The first-order chi connectivity index (χ1) is 10.8. The number of hydrogen-bond acceptors (Lipinski definition) is 3. The highest BCUT2D eigenvalue weighted by Crippen LogP contribution is 2.26. The summed E-state index contributed by atoms with van der Waals surface area (Å²) in [7, 11) is 1.63. The number of methoxy groups -OCH3 is 1. The Bertz CT molecular complexity index is 689. The highest BCUT2D eigenvalue weighted by Gasteiger charge is 2.17. The second-order valence-corrected chi connectivity index (χ2v) is 7.29. The van der Waals surface area contributed by atoms with Crippen LogP contribution in [-0.4, -0.2) is 23.2 Å². The zero-order valence-corrected chi connectivity index (χ0v) is 15.5. The Morgan fingerprint density at radius 3 is 2.65 bits per heavy atom. The normalized spacial score (nSPS) is 11.3. The van der Waals surface area contributed by atoms with Gasteiger partial charge in [0.05, 0.1) is 11.6 Å². The van der Waals surface area contributed by atoms with Crippen LogP contribution in [0.2, 0.25) is 0 Å². The highest BCUT2D eigenvalue weighted by molar-refractivity contribution is 9.10. The summed E-state index contributed by atoms with van der Waals surface area (Å²) in [6.07, 6.45) is 1.06. The van der Waals surface area contributed by atoms with Gasteiger partial charge in [0, 0.05) is 23.6 Å². The molecule has 0 bridgehead atoms. The maximum absolute atomic E-state index is 12.1. The SMILES string of the molecule is COc1ccc(CCC(=O)Nc2cc(C(C)(C)C)[nH]n2)cc1Br. The topological polar surface area (TPSA) is 67.0 Å². The third-order valence-corrected chi connectivity index (χ3v) is 4.13. The van der Waals surface area contributed by atoms with Crippen LogP contribution in [0.1, 0.15) is 38.4 Å². The number of rotatable bonds is 5. The van der Waals surface area contributed by atoms with Crippen LogP contribution in [0.15, 0.2) is 28.7 Å². The van der Waals surface area contributed by atoms with Crippen LogP contribution in [0, 0.1) is 0 Å². The lowest BCUT2D eigenvalue weighted by atomic mass is 9.92. The summed E-state index contributed by atoms with van der Waals surface area (Å²) >= 11 is 3.45. The van der Waals surface area contributed by atoms with Gasteiger partial charge in [-0.3, -0.25) is 9.89 Å². The third kappa shape index (κ3) is 4.82. The number of benzene rings is 1. The molecule has 1 amide bonds. The molecule has 0 saturated carbocycles. The van der Waals surface area contributed by atoms with Crippen molar-refractivity contribution in [3.63, 3.8) is 0 Å². The van der Waals surface area contributed by atoms with E-state index in [0.717, 1.165) is 21.5 Å². The van der Waals surface area contributed by atoms with Gasteiger partial charge in [-0.1, -0.05) is 26.8 Å². The average molecular weight is 380 g/mol. The Hall–Kier alpha value is -1.82. The fourth-order valence-corrected chi connectivity index (χ4v) is 2.69. The quantitative estimate of drug-likeness (QED) is 0.823. The van der Waals surface area contributed by atoms with Gasteiger partial charge in [0.25, 0.3) is 0 Å². The fourth-order valence-electron chi connectivity index (χ4n) is 2.10. The Kier molecular flexibility index (Phi) is 5.46. The summed E-state index contributed by atoms with van der Waals surface area (Å²) in [5, 5.41) is 9.92. The van der Waals surface area contributed by atoms with Crippen molar-refractivity contribution < 1.29 is 9.53 Å². The number of amides is 1. The lowest BCUT2D eigenvalue weighted by Crippen LogP contribution is -2.13. The number of anilines is 1. The first kappa shape index (κ1) is 17.5. The number of carbonyl (C=O) groups excluding carboxylic acids is 1. The molecular formula is C17H22BrN3O2. The number of nitrogens with one attached hydrogen (secondary N) is 2. The fraction of sp³-hybridized carbons (Fsp3) is 0.412. The molecule has 0 aliphatic carbocycles. The molecule has 0 aliphatic heterocycles. The zero-order chi connectivity index (χ0) is 17.0. The molecular weight excluding hydrogens is 358 g/mol. The molecule has 2 rings (SSSR count). The number of carbonyl (C=O) groups is 1. The molecule has 0 radical (unpaired) electrons. The average Bonchev–Trinajstić information content (AvgIpc) is 2.94. The summed E-state index contributed by atoms with van der Waals surface area (Å²) in [5.74, 6) is 1.30. The van der Waals surface area contributed by atoms with Gasteiger partial charge in [-0.05, 0) is 40.0 Å². The van der Waals surface area contributed by atoms with Crippen molar-refractivity contribution in [2.24, 2.45) is 0 Å². The van der Waals surface area contributed by atoms with Gasteiger partial charge in [0.1, 0.15) is 5.75 Å². The maximum atomic E-state index is 12.1. The first-order valence-electron chi connectivity index (χ1n) is 7.48. The van der Waals surface area contributed by atoms with E-state index in [1.165, 1.54) is 0 Å². The molecule has 1 heterocycles. The van der Waals surface area contributed by atoms with E-state index < -0.39 is 0 Å². The molecule has 2 aromatic rings. The van der Waals surface area contributed by atoms with Gasteiger partial charge >= 0.3 is 0 Å². The maximum Gasteiger partial charge on any atom is 0.225 e. The van der Waals surface area contributed by atoms with E-state index in [1.54, 1.807) is 7.11 Å². The number of aromatic nitrogens is 2. The summed E-state index contributed by atoms with van der Waals surface area (Å²) < 4.78 is 6.09. The molecule has 5 nitrogen and oxygen atoms in total. The van der Waals surface area contributed by atoms with Crippen molar-refractivity contribution in [2.45, 2.75) is 39.0 Å². The van der Waals surface area contributed by atoms with Crippen LogP contribution in [0.3, 0.4) is 0 Å². The van der Waals surface area contributed by atoms with Gasteiger partial charge in [-0.25, -0.2) is 0 Å². The van der Waals surface area contributed by atoms with Crippen molar-refractivity contribution in [3.05, 3.63) is 40.0 Å². The van der Waals surface area contributed by atoms with Crippen LogP contribution in [0.25, 0.3) is 0 Å². The number of ether oxygens (including phenoxy) is 1.